The molecule has 1 aliphatic carbocycles. The van der Waals surface area contributed by atoms with Gasteiger partial charge in [0.1, 0.15) is 0 Å². The van der Waals surface area contributed by atoms with Crippen LogP contribution in [0.15, 0.2) is 17.7 Å². The Hall–Kier alpha value is -3.02. The van der Waals surface area contributed by atoms with E-state index >= 15 is 0 Å². The quantitative estimate of drug-likeness (QED) is 0.663. The van der Waals surface area contributed by atoms with E-state index in [0.717, 1.165) is 28.7 Å². The maximum Gasteiger partial charge on any atom is 0.203 e. The molecule has 0 heterocycles. The van der Waals surface area contributed by atoms with Crippen molar-refractivity contribution in [1.82, 2.24) is 0 Å². The first-order chi connectivity index (χ1) is 14.4. The molecule has 0 fully saturated rings. The highest BCUT2D eigenvalue weighted by Gasteiger charge is 2.31. The molecule has 1 atom stereocenters. The molecule has 3 rings (SSSR count). The van der Waals surface area contributed by atoms with Crippen LogP contribution in [0.4, 0.5) is 0 Å². The number of fused-ring (bicyclic) bond motifs is 3. The van der Waals surface area contributed by atoms with Crippen LogP contribution in [0.1, 0.15) is 25.0 Å². The van der Waals surface area contributed by atoms with Crippen LogP contribution in [0.2, 0.25) is 0 Å². The van der Waals surface area contributed by atoms with Crippen LogP contribution in [0.3, 0.4) is 0 Å². The zero-order chi connectivity index (χ0) is 22.0. The van der Waals surface area contributed by atoms with Crippen LogP contribution < -0.4 is 28.4 Å². The molecule has 0 aliphatic heterocycles. The van der Waals surface area contributed by atoms with E-state index < -0.39 is 0 Å². The molecule has 0 bridgehead atoms. The van der Waals surface area contributed by atoms with Gasteiger partial charge in [-0.3, -0.25) is 0 Å². The third-order valence-corrected chi connectivity index (χ3v) is 5.71. The Balaban J connectivity index is 2.56. The zero-order valence-corrected chi connectivity index (χ0v) is 19.0. The Morgan fingerprint density at radius 3 is 1.67 bits per heavy atom. The highest BCUT2D eigenvalue weighted by atomic mass is 16.5. The molecule has 0 amide bonds. The van der Waals surface area contributed by atoms with Crippen LogP contribution in [0.25, 0.3) is 17.2 Å². The normalized spacial score (nSPS) is 16.8. The van der Waals surface area contributed by atoms with Gasteiger partial charge in [0.2, 0.25) is 11.5 Å². The van der Waals surface area contributed by atoms with Crippen molar-refractivity contribution in [2.75, 3.05) is 42.7 Å². The molecule has 6 nitrogen and oxygen atoms in total. The summed E-state index contributed by atoms with van der Waals surface area (Å²) in [6.45, 7) is 4.35. The van der Waals surface area contributed by atoms with Crippen LogP contribution in [-0.2, 0) is 6.42 Å². The predicted octanol–water partition coefficient (Wildman–Crippen LogP) is 5.00. The monoisotopic (exact) mass is 414 g/mol. The lowest BCUT2D eigenvalue weighted by atomic mass is 9.82. The number of ether oxygens (including phenoxy) is 6. The first-order valence-corrected chi connectivity index (χ1v) is 9.78. The summed E-state index contributed by atoms with van der Waals surface area (Å²) in [6.07, 6.45) is 2.98. The Kier molecular flexibility index (Phi) is 6.34. The van der Waals surface area contributed by atoms with Gasteiger partial charge in [-0.2, -0.15) is 0 Å². The van der Waals surface area contributed by atoms with E-state index in [9.17, 15) is 0 Å². The summed E-state index contributed by atoms with van der Waals surface area (Å²) in [7, 11) is 9.72. The maximum absolute atomic E-state index is 5.87. The third kappa shape index (κ3) is 3.40. The number of allylic oxidation sites excluding steroid dienone is 1. The molecule has 0 aromatic heterocycles. The minimum absolute atomic E-state index is 0.318. The second-order valence-electron chi connectivity index (χ2n) is 7.28. The highest BCUT2D eigenvalue weighted by molar-refractivity contribution is 5.92. The van der Waals surface area contributed by atoms with Crippen LogP contribution in [0, 0.1) is 5.92 Å². The molecule has 162 valence electrons. The number of rotatable bonds is 6. The van der Waals surface area contributed by atoms with E-state index in [1.165, 1.54) is 5.57 Å². The highest BCUT2D eigenvalue weighted by Crippen LogP contribution is 2.55. The molecule has 1 aliphatic rings. The second kappa shape index (κ2) is 8.78. The lowest BCUT2D eigenvalue weighted by molar-refractivity contribution is 0.321. The average Bonchev–Trinajstić information content (AvgIpc) is 2.76. The molecule has 0 saturated carbocycles. The minimum atomic E-state index is 0.318. The largest absolute Gasteiger partial charge is 0.493 e. The van der Waals surface area contributed by atoms with Crippen LogP contribution >= 0.6 is 0 Å². The van der Waals surface area contributed by atoms with Crippen molar-refractivity contribution in [1.29, 1.82) is 0 Å². The molecule has 0 N–H and O–H groups in total. The van der Waals surface area contributed by atoms with Gasteiger partial charge >= 0.3 is 0 Å². The fourth-order valence-corrected chi connectivity index (χ4v) is 4.07. The molecule has 6 heteroatoms. The first kappa shape index (κ1) is 21.7. The fraction of sp³-hybridized carbons (Fsp3) is 0.417. The average molecular weight is 414 g/mol. The number of methoxy groups -OCH3 is 6. The molecule has 2 aromatic carbocycles. The van der Waals surface area contributed by atoms with E-state index in [0.29, 0.717) is 40.4 Å². The Bertz CT molecular complexity index is 977. The molecule has 2 aromatic rings. The number of hydrogen-bond acceptors (Lipinski definition) is 6. The van der Waals surface area contributed by atoms with Gasteiger partial charge in [0.05, 0.1) is 42.7 Å². The molecule has 0 spiro atoms. The molecule has 0 saturated heterocycles. The number of benzene rings is 2. The summed E-state index contributed by atoms with van der Waals surface area (Å²) in [5, 5.41) is 0. The van der Waals surface area contributed by atoms with Crippen molar-refractivity contribution in [2.24, 2.45) is 5.92 Å². The molecular formula is C24H30O6. The lowest BCUT2D eigenvalue weighted by Crippen LogP contribution is -2.10. The van der Waals surface area contributed by atoms with Gasteiger partial charge in [-0.05, 0) is 42.5 Å². The van der Waals surface area contributed by atoms with Gasteiger partial charge in [-0.1, -0.05) is 18.6 Å². The van der Waals surface area contributed by atoms with Crippen molar-refractivity contribution in [3.8, 4) is 45.6 Å². The van der Waals surface area contributed by atoms with Crippen molar-refractivity contribution in [2.45, 2.75) is 20.3 Å². The van der Waals surface area contributed by atoms with Crippen LogP contribution in [0.5, 0.6) is 34.5 Å². The minimum Gasteiger partial charge on any atom is -0.493 e. The lowest BCUT2D eigenvalue weighted by Gasteiger charge is -2.27. The second-order valence-corrected chi connectivity index (χ2v) is 7.28. The Morgan fingerprint density at radius 2 is 1.17 bits per heavy atom. The number of hydrogen-bond donors (Lipinski definition) is 0. The van der Waals surface area contributed by atoms with E-state index in [2.05, 4.69) is 19.9 Å². The topological polar surface area (TPSA) is 55.4 Å². The Morgan fingerprint density at radius 1 is 0.667 bits per heavy atom. The SMILES string of the molecule is COc1cc2c(c(OC)c1OC)-c1c(cc(OC)c(OC)c1OC)C[C@H](C)/C(C)=C\2. The predicted molar refractivity (Wildman–Crippen MR) is 118 cm³/mol. The van der Waals surface area contributed by atoms with E-state index in [4.69, 9.17) is 28.4 Å². The fourth-order valence-electron chi connectivity index (χ4n) is 4.07. The summed E-state index contributed by atoms with van der Waals surface area (Å²) in [5.74, 6) is 3.79. The summed E-state index contributed by atoms with van der Waals surface area (Å²) in [5.41, 5.74) is 5.06. The van der Waals surface area contributed by atoms with Gasteiger partial charge in [0.25, 0.3) is 0 Å². The zero-order valence-electron chi connectivity index (χ0n) is 19.0. The maximum atomic E-state index is 5.87. The van der Waals surface area contributed by atoms with Gasteiger partial charge in [-0.15, -0.1) is 0 Å². The smallest absolute Gasteiger partial charge is 0.203 e. The van der Waals surface area contributed by atoms with Crippen molar-refractivity contribution < 1.29 is 28.4 Å². The molecule has 0 radical (unpaired) electrons. The third-order valence-electron chi connectivity index (χ3n) is 5.71. The van der Waals surface area contributed by atoms with E-state index in [-0.39, 0.29) is 0 Å². The summed E-state index contributed by atoms with van der Waals surface area (Å²) >= 11 is 0. The van der Waals surface area contributed by atoms with Gasteiger partial charge < -0.3 is 28.4 Å². The Labute approximate surface area is 178 Å². The van der Waals surface area contributed by atoms with Crippen molar-refractivity contribution >= 4 is 6.08 Å². The molecule has 30 heavy (non-hydrogen) atoms. The summed E-state index contributed by atoms with van der Waals surface area (Å²) in [4.78, 5) is 0. The summed E-state index contributed by atoms with van der Waals surface area (Å²) < 4.78 is 34.3. The summed E-state index contributed by atoms with van der Waals surface area (Å²) in [6, 6.07) is 3.99. The van der Waals surface area contributed by atoms with E-state index in [1.54, 1.807) is 42.7 Å². The molecule has 0 unspecified atom stereocenters. The van der Waals surface area contributed by atoms with Crippen molar-refractivity contribution in [3.05, 3.63) is 28.8 Å². The first-order valence-electron chi connectivity index (χ1n) is 9.78. The van der Waals surface area contributed by atoms with E-state index in [1.807, 2.05) is 12.1 Å². The van der Waals surface area contributed by atoms with Crippen molar-refractivity contribution in [3.63, 3.8) is 0 Å². The van der Waals surface area contributed by atoms with Crippen LogP contribution in [-0.4, -0.2) is 42.7 Å². The molecular weight excluding hydrogens is 384 g/mol. The standard InChI is InChI=1S/C24H30O6/c1-13-9-15-11-17(25-3)21(27-5)23(29-7)19(15)20-16(10-14(13)2)12-18(26-4)22(28-6)24(20)30-8/h9,11-12,14H,10H2,1-8H3/b13-9-/t14-/m0/s1. The van der Waals surface area contributed by atoms with Gasteiger partial charge in [0, 0.05) is 11.1 Å². The van der Waals surface area contributed by atoms with Gasteiger partial charge in [0.15, 0.2) is 23.0 Å². The van der Waals surface area contributed by atoms with Gasteiger partial charge in [-0.25, -0.2) is 0 Å².